The second-order valence-corrected chi connectivity index (χ2v) is 6.22. The van der Waals surface area contributed by atoms with Crippen molar-refractivity contribution in [1.29, 1.82) is 0 Å². The summed E-state index contributed by atoms with van der Waals surface area (Å²) >= 11 is 0. The van der Waals surface area contributed by atoms with E-state index in [0.717, 1.165) is 0 Å². The van der Waals surface area contributed by atoms with Crippen LogP contribution in [0.2, 0.25) is 0 Å². The fourth-order valence-corrected chi connectivity index (χ4v) is 2.98. The molecule has 28 heavy (non-hydrogen) atoms. The second-order valence-electron chi connectivity index (χ2n) is 6.22. The monoisotopic (exact) mass is 378 g/mol. The van der Waals surface area contributed by atoms with Crippen LogP contribution in [0.4, 0.5) is 14.5 Å². The summed E-state index contributed by atoms with van der Waals surface area (Å²) in [7, 11) is 0. The highest BCUT2D eigenvalue weighted by Gasteiger charge is 2.23. The fourth-order valence-electron chi connectivity index (χ4n) is 2.98. The van der Waals surface area contributed by atoms with Crippen LogP contribution in [0.5, 0.6) is 0 Å². The number of hydrogen-bond donors (Lipinski definition) is 1. The highest BCUT2D eigenvalue weighted by atomic mass is 19.1. The molecule has 0 radical (unpaired) electrons. The van der Waals surface area contributed by atoms with E-state index in [4.69, 9.17) is 0 Å². The van der Waals surface area contributed by atoms with E-state index >= 15 is 0 Å². The van der Waals surface area contributed by atoms with E-state index in [1.165, 1.54) is 36.4 Å². The first-order valence-corrected chi connectivity index (χ1v) is 8.59. The van der Waals surface area contributed by atoms with Gasteiger partial charge in [-0.15, -0.1) is 0 Å². The summed E-state index contributed by atoms with van der Waals surface area (Å²) in [6.45, 7) is 1.73. The highest BCUT2D eigenvalue weighted by Crippen LogP contribution is 2.24. The van der Waals surface area contributed by atoms with Crippen LogP contribution < -0.4 is 5.32 Å². The Kier molecular flexibility index (Phi) is 4.49. The number of rotatable bonds is 4. The number of benzene rings is 2. The lowest BCUT2D eigenvalue weighted by Crippen LogP contribution is -2.16. The van der Waals surface area contributed by atoms with Crippen molar-refractivity contribution < 1.29 is 13.6 Å². The Bertz CT molecular complexity index is 1110. The van der Waals surface area contributed by atoms with Gasteiger partial charge in [-0.05, 0) is 67.6 Å². The Hall–Kier alpha value is -3.74. The summed E-state index contributed by atoms with van der Waals surface area (Å²) in [5, 5.41) is 7.27. The van der Waals surface area contributed by atoms with Gasteiger partial charge in [0, 0.05) is 18.1 Å². The highest BCUT2D eigenvalue weighted by molar-refractivity contribution is 6.07. The van der Waals surface area contributed by atoms with Gasteiger partial charge in [0.25, 0.3) is 5.91 Å². The molecule has 140 valence electrons. The predicted molar refractivity (Wildman–Crippen MR) is 102 cm³/mol. The van der Waals surface area contributed by atoms with E-state index in [1.807, 2.05) is 12.1 Å². The lowest BCUT2D eigenvalue weighted by molar-refractivity contribution is 0.102. The number of aromatic nitrogens is 3. The number of carbonyl (C=O) groups excluding carboxylic acids is 1. The topological polar surface area (TPSA) is 51.9 Å². The number of aryl methyl sites for hydroxylation is 1. The molecule has 2 aromatic heterocycles. The third-order valence-corrected chi connectivity index (χ3v) is 4.29. The van der Waals surface area contributed by atoms with Crippen molar-refractivity contribution in [1.82, 2.24) is 14.3 Å². The van der Waals surface area contributed by atoms with Crippen LogP contribution in [-0.4, -0.2) is 20.3 Å². The van der Waals surface area contributed by atoms with Crippen LogP contribution in [0.1, 0.15) is 16.1 Å². The van der Waals surface area contributed by atoms with E-state index in [9.17, 15) is 13.6 Å². The van der Waals surface area contributed by atoms with Crippen LogP contribution >= 0.6 is 0 Å². The molecule has 0 aliphatic carbocycles. The minimum atomic E-state index is -0.383. The Morgan fingerprint density at radius 2 is 1.50 bits per heavy atom. The van der Waals surface area contributed by atoms with Gasteiger partial charge in [0.15, 0.2) is 5.82 Å². The zero-order valence-electron chi connectivity index (χ0n) is 14.9. The first-order chi connectivity index (χ1) is 13.5. The minimum absolute atomic E-state index is 0.357. The number of anilines is 1. The average Bonchev–Trinajstić information content (AvgIpc) is 3.31. The molecule has 2 heterocycles. The van der Waals surface area contributed by atoms with Gasteiger partial charge in [-0.2, -0.15) is 5.10 Å². The Labute approximate surface area is 159 Å². The van der Waals surface area contributed by atoms with Gasteiger partial charge in [-0.25, -0.2) is 13.5 Å². The van der Waals surface area contributed by atoms with Gasteiger partial charge >= 0.3 is 0 Å². The van der Waals surface area contributed by atoms with Crippen molar-refractivity contribution in [2.24, 2.45) is 0 Å². The van der Waals surface area contributed by atoms with Gasteiger partial charge < -0.3 is 9.88 Å². The van der Waals surface area contributed by atoms with Gasteiger partial charge in [-0.3, -0.25) is 4.79 Å². The molecule has 5 nitrogen and oxygen atoms in total. The lowest BCUT2D eigenvalue weighted by Gasteiger charge is -2.11. The zero-order valence-corrected chi connectivity index (χ0v) is 14.9. The maximum Gasteiger partial charge on any atom is 0.261 e. The molecule has 1 N–H and O–H groups in total. The molecule has 0 fully saturated rings. The van der Waals surface area contributed by atoms with Crippen LogP contribution in [0.15, 0.2) is 73.1 Å². The maximum atomic E-state index is 13.3. The maximum absolute atomic E-state index is 13.3. The molecule has 0 saturated carbocycles. The van der Waals surface area contributed by atoms with E-state index < -0.39 is 0 Å². The van der Waals surface area contributed by atoms with Crippen LogP contribution in [0.25, 0.3) is 11.5 Å². The molecule has 0 bridgehead atoms. The van der Waals surface area contributed by atoms with E-state index in [1.54, 1.807) is 40.7 Å². The minimum Gasteiger partial charge on any atom is -0.322 e. The van der Waals surface area contributed by atoms with Crippen molar-refractivity contribution >= 4 is 11.6 Å². The van der Waals surface area contributed by atoms with Crippen LogP contribution in [-0.2, 0) is 0 Å². The van der Waals surface area contributed by atoms with E-state index in [-0.39, 0.29) is 17.5 Å². The average molecular weight is 378 g/mol. The molecule has 0 aliphatic rings. The molecule has 0 unspecified atom stereocenters. The van der Waals surface area contributed by atoms with Crippen LogP contribution in [0, 0.1) is 18.6 Å². The lowest BCUT2D eigenvalue weighted by atomic mass is 10.2. The Morgan fingerprint density at radius 1 is 0.929 bits per heavy atom. The number of nitrogens with one attached hydrogen (secondary N) is 1. The molecular weight excluding hydrogens is 362 g/mol. The summed E-state index contributed by atoms with van der Waals surface area (Å²) in [6, 6.07) is 15.1. The first-order valence-electron chi connectivity index (χ1n) is 8.59. The van der Waals surface area contributed by atoms with Crippen molar-refractivity contribution in [3.63, 3.8) is 0 Å². The molecule has 1 amide bonds. The van der Waals surface area contributed by atoms with Crippen molar-refractivity contribution in [2.45, 2.75) is 6.92 Å². The third kappa shape index (κ3) is 3.29. The number of nitrogens with zero attached hydrogens (tertiary/aromatic N) is 3. The summed E-state index contributed by atoms with van der Waals surface area (Å²) in [6.07, 6.45) is 3.59. The Morgan fingerprint density at radius 3 is 2.11 bits per heavy atom. The summed E-state index contributed by atoms with van der Waals surface area (Å²) in [5.74, 6) is -0.592. The standard InChI is InChI=1S/C21H16F2N4O/c1-14-19(20(28)24-17-8-4-15(22)5-9-17)21(26-12-2-3-13-26)27(25-14)18-10-6-16(23)7-11-18/h2-13H,1H3,(H,24,28). The molecule has 0 atom stereocenters. The molecule has 0 spiro atoms. The molecule has 2 aromatic carbocycles. The van der Waals surface area contributed by atoms with Gasteiger partial charge in [0.05, 0.1) is 11.4 Å². The van der Waals surface area contributed by atoms with Crippen molar-refractivity contribution in [2.75, 3.05) is 5.32 Å². The van der Waals surface area contributed by atoms with Crippen molar-refractivity contribution in [3.05, 3.63) is 95.9 Å². The van der Waals surface area contributed by atoms with Crippen molar-refractivity contribution in [3.8, 4) is 11.5 Å². The summed E-state index contributed by atoms with van der Waals surface area (Å²) in [4.78, 5) is 13.0. The van der Waals surface area contributed by atoms with Gasteiger partial charge in [-0.1, -0.05) is 0 Å². The molecule has 4 aromatic rings. The largest absolute Gasteiger partial charge is 0.322 e. The molecule has 7 heteroatoms. The van der Waals surface area contributed by atoms with Gasteiger partial charge in [0.1, 0.15) is 17.2 Å². The third-order valence-electron chi connectivity index (χ3n) is 4.29. The smallest absolute Gasteiger partial charge is 0.261 e. The molecule has 4 rings (SSSR count). The summed E-state index contributed by atoms with van der Waals surface area (Å²) in [5.41, 5.74) is 1.96. The van der Waals surface area contributed by atoms with E-state index in [0.29, 0.717) is 28.5 Å². The molecule has 0 saturated heterocycles. The summed E-state index contributed by atoms with van der Waals surface area (Å²) < 4.78 is 29.8. The number of amides is 1. The normalized spacial score (nSPS) is 10.8. The SMILES string of the molecule is Cc1nn(-c2ccc(F)cc2)c(-n2cccc2)c1C(=O)Nc1ccc(F)cc1. The second kappa shape index (κ2) is 7.11. The molecule has 0 aliphatic heterocycles. The van der Waals surface area contributed by atoms with Crippen LogP contribution in [0.3, 0.4) is 0 Å². The zero-order chi connectivity index (χ0) is 19.7. The predicted octanol–water partition coefficient (Wildman–Crippen LogP) is 4.50. The number of hydrogen-bond acceptors (Lipinski definition) is 2. The molecular formula is C21H16F2N4O. The first kappa shape index (κ1) is 17.7. The number of halogens is 2. The number of carbonyl (C=O) groups is 1. The quantitative estimate of drug-likeness (QED) is 0.568. The van der Waals surface area contributed by atoms with Gasteiger partial charge in [0.2, 0.25) is 0 Å². The Balaban J connectivity index is 1.81. The fraction of sp³-hybridized carbons (Fsp3) is 0.0476. The van der Waals surface area contributed by atoms with E-state index in [2.05, 4.69) is 10.4 Å².